The maximum absolute atomic E-state index is 12.5. The van der Waals surface area contributed by atoms with E-state index in [1.54, 1.807) is 4.68 Å². The Morgan fingerprint density at radius 3 is 2.30 bits per heavy atom. The summed E-state index contributed by atoms with van der Waals surface area (Å²) in [6, 6.07) is 28.0. The van der Waals surface area contributed by atoms with E-state index in [0.29, 0.717) is 10.3 Å². The van der Waals surface area contributed by atoms with Crippen LogP contribution in [-0.2, 0) is 4.79 Å². The lowest BCUT2D eigenvalue weighted by Crippen LogP contribution is -2.14. The molecule has 2 aromatic heterocycles. The molecule has 0 aliphatic carbocycles. The highest BCUT2D eigenvalue weighted by Crippen LogP contribution is 2.28. The van der Waals surface area contributed by atoms with Crippen molar-refractivity contribution < 1.29 is 4.79 Å². The van der Waals surface area contributed by atoms with Crippen molar-refractivity contribution in [3.05, 3.63) is 90.3 Å². The molecule has 5 rings (SSSR count). The molecule has 0 spiro atoms. The zero-order chi connectivity index (χ0) is 22.5. The number of benzene rings is 3. The number of amides is 1. The summed E-state index contributed by atoms with van der Waals surface area (Å²) < 4.78 is 1.61. The average Bonchev–Trinajstić information content (AvgIpc) is 3.54. The fourth-order valence-electron chi connectivity index (χ4n) is 3.21. The quantitative estimate of drug-likeness (QED) is 0.330. The second kappa shape index (κ2) is 9.76. The highest BCUT2D eigenvalue weighted by molar-refractivity contribution is 7.99. The Kier molecular flexibility index (Phi) is 6.23. The third kappa shape index (κ3) is 5.00. The lowest BCUT2D eigenvalue weighted by atomic mass is 10.0. The van der Waals surface area contributed by atoms with E-state index in [4.69, 9.17) is 0 Å². The van der Waals surface area contributed by atoms with Gasteiger partial charge in [0.25, 0.3) is 0 Å². The smallest absolute Gasteiger partial charge is 0.236 e. The van der Waals surface area contributed by atoms with E-state index in [1.165, 1.54) is 28.7 Å². The molecule has 0 saturated heterocycles. The van der Waals surface area contributed by atoms with E-state index in [1.807, 2.05) is 66.0 Å². The van der Waals surface area contributed by atoms with Crippen LogP contribution in [-0.4, -0.2) is 36.9 Å². The Morgan fingerprint density at radius 2 is 1.55 bits per heavy atom. The minimum atomic E-state index is -0.164. The number of anilines is 1. The molecule has 33 heavy (non-hydrogen) atoms. The van der Waals surface area contributed by atoms with Crippen molar-refractivity contribution in [1.29, 1.82) is 0 Å². The summed E-state index contributed by atoms with van der Waals surface area (Å²) in [5.41, 5.74) is 5.00. The topological polar surface area (TPSA) is 85.6 Å². The van der Waals surface area contributed by atoms with Gasteiger partial charge in [-0.05, 0) is 33.7 Å². The Bertz CT molecular complexity index is 1350. The number of nitrogens with zero attached hydrogens (tertiary/aromatic N) is 5. The number of thiazole rings is 1. The molecule has 0 aliphatic rings. The van der Waals surface area contributed by atoms with Gasteiger partial charge in [-0.3, -0.25) is 4.79 Å². The monoisotopic (exact) mass is 470 g/mol. The summed E-state index contributed by atoms with van der Waals surface area (Å²) in [7, 11) is 0. The highest BCUT2D eigenvalue weighted by atomic mass is 32.2. The molecule has 9 heteroatoms. The molecule has 1 amide bonds. The highest BCUT2D eigenvalue weighted by Gasteiger charge is 2.13. The van der Waals surface area contributed by atoms with Gasteiger partial charge < -0.3 is 5.32 Å². The van der Waals surface area contributed by atoms with Gasteiger partial charge in [-0.25, -0.2) is 4.98 Å². The molecule has 3 aromatic carbocycles. The van der Waals surface area contributed by atoms with Crippen LogP contribution in [0.5, 0.6) is 0 Å². The lowest BCUT2D eigenvalue weighted by molar-refractivity contribution is -0.113. The minimum absolute atomic E-state index is 0.164. The number of nitrogens with one attached hydrogen (secondary N) is 1. The zero-order valence-electron chi connectivity index (χ0n) is 17.3. The van der Waals surface area contributed by atoms with Crippen LogP contribution >= 0.6 is 23.1 Å². The normalized spacial score (nSPS) is 10.8. The van der Waals surface area contributed by atoms with Crippen molar-refractivity contribution in [2.75, 3.05) is 11.1 Å². The molecule has 0 atom stereocenters. The van der Waals surface area contributed by atoms with Crippen LogP contribution in [0.3, 0.4) is 0 Å². The van der Waals surface area contributed by atoms with Crippen LogP contribution in [0, 0.1) is 0 Å². The van der Waals surface area contributed by atoms with Crippen molar-refractivity contribution in [2.45, 2.75) is 5.16 Å². The number of hydrogen-bond donors (Lipinski definition) is 1. The van der Waals surface area contributed by atoms with E-state index in [2.05, 4.69) is 50.1 Å². The number of rotatable bonds is 7. The first-order valence-electron chi connectivity index (χ1n) is 10.1. The summed E-state index contributed by atoms with van der Waals surface area (Å²) in [5.74, 6) is 0.0105. The van der Waals surface area contributed by atoms with Gasteiger partial charge >= 0.3 is 0 Å². The molecule has 0 fully saturated rings. The Labute approximate surface area is 198 Å². The average molecular weight is 471 g/mol. The number of para-hydroxylation sites is 1. The van der Waals surface area contributed by atoms with Crippen LogP contribution in [0.2, 0.25) is 0 Å². The zero-order valence-corrected chi connectivity index (χ0v) is 19.0. The molecule has 7 nitrogen and oxygen atoms in total. The first-order valence-corrected chi connectivity index (χ1v) is 12.0. The van der Waals surface area contributed by atoms with Crippen molar-refractivity contribution in [3.63, 3.8) is 0 Å². The summed E-state index contributed by atoms with van der Waals surface area (Å²) in [4.78, 5) is 17.0. The molecule has 2 heterocycles. The number of hydrogen-bond acceptors (Lipinski definition) is 7. The van der Waals surface area contributed by atoms with Gasteiger partial charge in [0.05, 0.1) is 17.1 Å². The van der Waals surface area contributed by atoms with Gasteiger partial charge in [-0.2, -0.15) is 4.68 Å². The van der Waals surface area contributed by atoms with E-state index >= 15 is 0 Å². The molecule has 162 valence electrons. The summed E-state index contributed by atoms with van der Waals surface area (Å²) in [6.07, 6.45) is 0. The molecular weight excluding hydrogens is 452 g/mol. The van der Waals surface area contributed by atoms with Crippen molar-refractivity contribution >= 4 is 34.1 Å². The number of carbonyl (C=O) groups is 1. The largest absolute Gasteiger partial charge is 0.301 e. The first-order chi connectivity index (χ1) is 16.3. The van der Waals surface area contributed by atoms with Crippen molar-refractivity contribution in [1.82, 2.24) is 25.2 Å². The van der Waals surface area contributed by atoms with Crippen LogP contribution in [0.4, 0.5) is 5.13 Å². The van der Waals surface area contributed by atoms with Gasteiger partial charge in [0.1, 0.15) is 0 Å². The van der Waals surface area contributed by atoms with Gasteiger partial charge in [-0.15, -0.1) is 16.4 Å². The standard InChI is InChI=1S/C24H18N6OS2/c31-22(16-33-24-27-28-29-30(24)20-9-5-2-6-10-20)26-23-25-21(15-32-23)19-13-11-18(12-14-19)17-7-3-1-4-8-17/h1-15H,16H2,(H,25,26,31). The van der Waals surface area contributed by atoms with Gasteiger partial charge in [0.2, 0.25) is 11.1 Å². The summed E-state index contributed by atoms with van der Waals surface area (Å²) >= 11 is 2.67. The number of thioether (sulfide) groups is 1. The predicted octanol–water partition coefficient (Wildman–Crippen LogP) is 5.18. The number of carbonyl (C=O) groups excluding carboxylic acids is 1. The molecule has 0 bridgehead atoms. The molecule has 0 radical (unpaired) electrons. The molecule has 1 N–H and O–H groups in total. The van der Waals surface area contributed by atoms with Gasteiger partial charge in [0, 0.05) is 10.9 Å². The molecule has 0 unspecified atom stereocenters. The minimum Gasteiger partial charge on any atom is -0.301 e. The Morgan fingerprint density at radius 1 is 0.879 bits per heavy atom. The Balaban J connectivity index is 1.20. The van der Waals surface area contributed by atoms with Crippen LogP contribution < -0.4 is 5.32 Å². The predicted molar refractivity (Wildman–Crippen MR) is 131 cm³/mol. The van der Waals surface area contributed by atoms with E-state index < -0.39 is 0 Å². The molecular formula is C24H18N6OS2. The second-order valence-electron chi connectivity index (χ2n) is 7.03. The number of aromatic nitrogens is 5. The SMILES string of the molecule is O=C(CSc1nnnn1-c1ccccc1)Nc1nc(-c2ccc(-c3ccccc3)cc2)cs1. The van der Waals surface area contributed by atoms with E-state index in [0.717, 1.165) is 22.5 Å². The second-order valence-corrected chi connectivity index (χ2v) is 8.83. The fourth-order valence-corrected chi connectivity index (χ4v) is 4.64. The molecule has 0 saturated carbocycles. The Hall–Kier alpha value is -3.82. The molecule has 5 aromatic rings. The van der Waals surface area contributed by atoms with Gasteiger partial charge in [-0.1, -0.05) is 84.6 Å². The van der Waals surface area contributed by atoms with E-state index in [-0.39, 0.29) is 11.7 Å². The summed E-state index contributed by atoms with van der Waals surface area (Å²) in [6.45, 7) is 0. The third-order valence-electron chi connectivity index (χ3n) is 4.81. The van der Waals surface area contributed by atoms with E-state index in [9.17, 15) is 4.79 Å². The van der Waals surface area contributed by atoms with Crippen molar-refractivity contribution in [2.24, 2.45) is 0 Å². The lowest BCUT2D eigenvalue weighted by Gasteiger charge is -2.04. The van der Waals surface area contributed by atoms with Gasteiger partial charge in [0.15, 0.2) is 5.13 Å². The molecule has 0 aliphatic heterocycles. The fraction of sp³-hybridized carbons (Fsp3) is 0.0417. The van der Waals surface area contributed by atoms with Crippen molar-refractivity contribution in [3.8, 4) is 28.1 Å². The summed E-state index contributed by atoms with van der Waals surface area (Å²) in [5, 5.41) is 17.7. The van der Waals surface area contributed by atoms with Crippen LogP contribution in [0.1, 0.15) is 0 Å². The number of tetrazole rings is 1. The van der Waals surface area contributed by atoms with Crippen LogP contribution in [0.15, 0.2) is 95.5 Å². The van der Waals surface area contributed by atoms with Crippen LogP contribution in [0.25, 0.3) is 28.1 Å². The maximum atomic E-state index is 12.5. The maximum Gasteiger partial charge on any atom is 0.236 e. The first kappa shape index (κ1) is 21.0. The third-order valence-corrected chi connectivity index (χ3v) is 6.49.